The molecule has 0 bridgehead atoms. The maximum absolute atomic E-state index is 12.1. The lowest BCUT2D eigenvalue weighted by Gasteiger charge is -2.22. The second-order valence-corrected chi connectivity index (χ2v) is 4.97. The molecule has 2 rings (SSSR count). The third kappa shape index (κ3) is 2.52. The molecule has 1 heterocycles. The second-order valence-electron chi connectivity index (χ2n) is 4.97. The molecule has 17 heavy (non-hydrogen) atoms. The first-order valence-electron chi connectivity index (χ1n) is 6.08. The molecule has 0 unspecified atom stereocenters. The van der Waals surface area contributed by atoms with E-state index in [1.54, 1.807) is 4.90 Å². The number of carbonyl (C=O) groups is 1. The van der Waals surface area contributed by atoms with Crippen molar-refractivity contribution in [1.29, 1.82) is 0 Å². The van der Waals surface area contributed by atoms with Crippen LogP contribution in [0, 0.1) is 12.3 Å². The molecule has 1 aliphatic rings. The number of aryl methyl sites for hydroxylation is 1. The average Bonchev–Trinajstić information content (AvgIpc) is 3.03. The number of carbonyl (C=O) groups excluding carboxylic acids is 1. The van der Waals surface area contributed by atoms with Crippen molar-refractivity contribution in [1.82, 2.24) is 4.90 Å². The molecular weight excluding hydrogens is 216 g/mol. The van der Waals surface area contributed by atoms with E-state index in [0.717, 1.165) is 30.8 Å². The minimum atomic E-state index is -0.242. The highest BCUT2D eigenvalue weighted by Gasteiger charge is 2.49. The summed E-state index contributed by atoms with van der Waals surface area (Å²) < 4.78 is 5.48. The van der Waals surface area contributed by atoms with Gasteiger partial charge in [0.15, 0.2) is 0 Å². The van der Waals surface area contributed by atoms with E-state index in [0.29, 0.717) is 13.1 Å². The van der Waals surface area contributed by atoms with E-state index in [1.807, 2.05) is 26.1 Å². The van der Waals surface area contributed by atoms with Crippen LogP contribution in [0.15, 0.2) is 16.5 Å². The third-order valence-electron chi connectivity index (χ3n) is 3.53. The minimum Gasteiger partial charge on any atom is -0.466 e. The molecule has 1 aromatic rings. The molecule has 2 N–H and O–H groups in total. The van der Waals surface area contributed by atoms with E-state index < -0.39 is 0 Å². The Hall–Kier alpha value is -1.29. The van der Waals surface area contributed by atoms with Crippen molar-refractivity contribution < 1.29 is 9.21 Å². The van der Waals surface area contributed by atoms with Gasteiger partial charge in [-0.05, 0) is 31.9 Å². The molecule has 1 amide bonds. The summed E-state index contributed by atoms with van der Waals surface area (Å²) in [7, 11) is 1.84. The van der Waals surface area contributed by atoms with E-state index in [-0.39, 0.29) is 11.3 Å². The molecule has 1 aliphatic carbocycles. The van der Waals surface area contributed by atoms with E-state index in [4.69, 9.17) is 10.2 Å². The van der Waals surface area contributed by atoms with Crippen molar-refractivity contribution in [3.05, 3.63) is 23.7 Å². The third-order valence-corrected chi connectivity index (χ3v) is 3.53. The van der Waals surface area contributed by atoms with Gasteiger partial charge in [-0.25, -0.2) is 0 Å². The zero-order valence-corrected chi connectivity index (χ0v) is 10.5. The van der Waals surface area contributed by atoms with Gasteiger partial charge in [-0.3, -0.25) is 4.79 Å². The number of amides is 1. The van der Waals surface area contributed by atoms with Gasteiger partial charge in [-0.15, -0.1) is 0 Å². The van der Waals surface area contributed by atoms with Gasteiger partial charge in [0.1, 0.15) is 11.5 Å². The summed E-state index contributed by atoms with van der Waals surface area (Å²) in [6.07, 6.45) is 2.63. The normalized spacial score (nSPS) is 16.9. The summed E-state index contributed by atoms with van der Waals surface area (Å²) in [4.78, 5) is 13.9. The smallest absolute Gasteiger partial charge is 0.229 e. The first-order chi connectivity index (χ1) is 8.07. The van der Waals surface area contributed by atoms with E-state index in [2.05, 4.69) is 0 Å². The largest absolute Gasteiger partial charge is 0.466 e. The fraction of sp³-hybridized carbons (Fsp3) is 0.615. The van der Waals surface area contributed by atoms with Crippen LogP contribution in [0.4, 0.5) is 0 Å². The predicted molar refractivity (Wildman–Crippen MR) is 65.5 cm³/mol. The molecule has 4 nitrogen and oxygen atoms in total. The van der Waals surface area contributed by atoms with Crippen LogP contribution in [-0.4, -0.2) is 30.9 Å². The SMILES string of the molecule is Cc1ccc(CCN(C)C(=O)C2(CN)CC2)o1. The van der Waals surface area contributed by atoms with Gasteiger partial charge in [0.25, 0.3) is 0 Å². The van der Waals surface area contributed by atoms with Gasteiger partial charge in [-0.2, -0.15) is 0 Å². The van der Waals surface area contributed by atoms with Crippen LogP contribution < -0.4 is 5.73 Å². The van der Waals surface area contributed by atoms with Crippen LogP contribution >= 0.6 is 0 Å². The summed E-state index contributed by atoms with van der Waals surface area (Å²) in [5, 5.41) is 0. The molecule has 0 spiro atoms. The maximum atomic E-state index is 12.1. The zero-order chi connectivity index (χ0) is 12.5. The van der Waals surface area contributed by atoms with Gasteiger partial charge in [-0.1, -0.05) is 0 Å². The van der Waals surface area contributed by atoms with Crippen LogP contribution in [0.1, 0.15) is 24.4 Å². The second kappa shape index (κ2) is 4.53. The van der Waals surface area contributed by atoms with Crippen LogP contribution in [0.3, 0.4) is 0 Å². The monoisotopic (exact) mass is 236 g/mol. The molecule has 0 atom stereocenters. The highest BCUT2D eigenvalue weighted by atomic mass is 16.3. The molecule has 1 fully saturated rings. The lowest BCUT2D eigenvalue weighted by Crippen LogP contribution is -2.39. The summed E-state index contributed by atoms with van der Waals surface area (Å²) in [6, 6.07) is 3.91. The fourth-order valence-electron chi connectivity index (χ4n) is 2.06. The molecule has 94 valence electrons. The molecule has 1 aromatic heterocycles. The number of nitrogens with zero attached hydrogens (tertiary/aromatic N) is 1. The molecule has 0 saturated heterocycles. The van der Waals surface area contributed by atoms with Gasteiger partial charge in [0.05, 0.1) is 5.41 Å². The maximum Gasteiger partial charge on any atom is 0.229 e. The van der Waals surface area contributed by atoms with Crippen molar-refractivity contribution in [2.45, 2.75) is 26.2 Å². The summed E-state index contributed by atoms with van der Waals surface area (Å²) in [5.74, 6) is 2.03. The van der Waals surface area contributed by atoms with Crippen LogP contribution in [0.2, 0.25) is 0 Å². The minimum absolute atomic E-state index is 0.184. The zero-order valence-electron chi connectivity index (χ0n) is 10.5. The Morgan fingerprint density at radius 3 is 2.71 bits per heavy atom. The van der Waals surface area contributed by atoms with Crippen LogP contribution in [0.25, 0.3) is 0 Å². The molecule has 0 radical (unpaired) electrons. The van der Waals surface area contributed by atoms with Gasteiger partial charge in [0.2, 0.25) is 5.91 Å². The van der Waals surface area contributed by atoms with Crippen molar-refractivity contribution in [3.8, 4) is 0 Å². The molecule has 1 saturated carbocycles. The van der Waals surface area contributed by atoms with E-state index in [1.165, 1.54) is 0 Å². The molecular formula is C13H20N2O2. The van der Waals surface area contributed by atoms with Crippen LogP contribution in [-0.2, 0) is 11.2 Å². The predicted octanol–water partition coefficient (Wildman–Crippen LogP) is 1.33. The standard InChI is InChI=1S/C13H20N2O2/c1-10-3-4-11(17-10)5-8-15(2)12(16)13(9-14)6-7-13/h3-4H,5-9,14H2,1-2H3. The number of hydrogen-bond donors (Lipinski definition) is 1. The molecule has 4 heteroatoms. The number of hydrogen-bond acceptors (Lipinski definition) is 3. The highest BCUT2D eigenvalue weighted by molar-refractivity contribution is 5.85. The highest BCUT2D eigenvalue weighted by Crippen LogP contribution is 2.45. The molecule has 0 aliphatic heterocycles. The van der Waals surface area contributed by atoms with Crippen molar-refractivity contribution >= 4 is 5.91 Å². The Labute approximate surface area is 102 Å². The lowest BCUT2D eigenvalue weighted by atomic mass is 10.1. The Morgan fingerprint density at radius 1 is 1.53 bits per heavy atom. The Balaban J connectivity index is 1.85. The average molecular weight is 236 g/mol. The summed E-state index contributed by atoms with van der Waals surface area (Å²) in [6.45, 7) is 3.08. The number of rotatable bonds is 5. The van der Waals surface area contributed by atoms with Crippen molar-refractivity contribution in [2.24, 2.45) is 11.1 Å². The van der Waals surface area contributed by atoms with E-state index >= 15 is 0 Å². The van der Waals surface area contributed by atoms with Crippen molar-refractivity contribution in [3.63, 3.8) is 0 Å². The van der Waals surface area contributed by atoms with Gasteiger partial charge < -0.3 is 15.1 Å². The quantitative estimate of drug-likeness (QED) is 0.839. The Bertz CT molecular complexity index is 407. The summed E-state index contributed by atoms with van der Waals surface area (Å²) >= 11 is 0. The Kier molecular flexibility index (Phi) is 3.24. The van der Waals surface area contributed by atoms with Crippen molar-refractivity contribution in [2.75, 3.05) is 20.1 Å². The number of likely N-dealkylation sites (N-methyl/N-ethyl adjacent to an activating group) is 1. The van der Waals surface area contributed by atoms with Gasteiger partial charge in [0, 0.05) is 26.6 Å². The Morgan fingerprint density at radius 2 is 2.24 bits per heavy atom. The topological polar surface area (TPSA) is 59.5 Å². The van der Waals surface area contributed by atoms with Crippen LogP contribution in [0.5, 0.6) is 0 Å². The molecule has 0 aromatic carbocycles. The first kappa shape index (κ1) is 12.2. The first-order valence-corrected chi connectivity index (χ1v) is 6.08. The fourth-order valence-corrected chi connectivity index (χ4v) is 2.06. The number of nitrogens with two attached hydrogens (primary N) is 1. The van der Waals surface area contributed by atoms with E-state index in [9.17, 15) is 4.79 Å². The number of furan rings is 1. The van der Waals surface area contributed by atoms with Gasteiger partial charge >= 0.3 is 0 Å². The lowest BCUT2D eigenvalue weighted by molar-refractivity contribution is -0.135. The summed E-state index contributed by atoms with van der Waals surface area (Å²) in [5.41, 5.74) is 5.41.